The van der Waals surface area contributed by atoms with Crippen LogP contribution in [0.2, 0.25) is 10.0 Å². The molecule has 1 aromatic heterocycles. The molecular weight excluding hydrogens is 533 g/mol. The van der Waals surface area contributed by atoms with Crippen LogP contribution in [0.3, 0.4) is 0 Å². The first kappa shape index (κ1) is 26.6. The fraction of sp³-hybridized carbons (Fsp3) is 0.500. The van der Waals surface area contributed by atoms with Crippen LogP contribution in [0.25, 0.3) is 10.9 Å². The Morgan fingerprint density at radius 2 is 1.97 bits per heavy atom. The van der Waals surface area contributed by atoms with Crippen molar-refractivity contribution in [2.24, 2.45) is 28.2 Å². The molecule has 1 saturated heterocycles. The number of rotatable bonds is 5. The lowest BCUT2D eigenvalue weighted by Crippen LogP contribution is -2.58. The van der Waals surface area contributed by atoms with E-state index in [-0.39, 0.29) is 17.7 Å². The summed E-state index contributed by atoms with van der Waals surface area (Å²) >= 11 is 12.3. The zero-order valence-electron chi connectivity index (χ0n) is 22.6. The van der Waals surface area contributed by atoms with Crippen LogP contribution in [0.1, 0.15) is 39.2 Å². The molecule has 0 spiro atoms. The standard InChI is InChI=1S/C30H35Cl2N5O2/c1-17-24-10-19(30(24,2)3)11-26(17)35-29(37-14-22(38)15-37)34-21-6-7-23-27(13-21)33-16-36(28(23)39)9-8-18-4-5-20(31)12-25(18)32/h4-7,12-13,16-17,19,22,24,26,38H,8-11,14-15H2,1-3H3,(H,34,35)/t17-,19-,24+,26-/m0/s1. The molecule has 4 aliphatic rings. The van der Waals surface area contributed by atoms with Gasteiger partial charge in [0.15, 0.2) is 5.96 Å². The molecule has 7 rings (SSSR count). The predicted molar refractivity (Wildman–Crippen MR) is 158 cm³/mol. The van der Waals surface area contributed by atoms with Crippen molar-refractivity contribution in [3.8, 4) is 0 Å². The molecule has 0 radical (unpaired) electrons. The normalized spacial score (nSPS) is 26.3. The Morgan fingerprint density at radius 1 is 1.18 bits per heavy atom. The van der Waals surface area contributed by atoms with Gasteiger partial charge in [-0.25, -0.2) is 9.98 Å². The quantitative estimate of drug-likeness (QED) is 0.316. The molecule has 3 aliphatic carbocycles. The number of aliphatic imine (C=N–C) groups is 1. The fourth-order valence-corrected chi connectivity index (χ4v) is 7.26. The van der Waals surface area contributed by atoms with E-state index in [2.05, 4.69) is 36.0 Å². The average Bonchev–Trinajstić information content (AvgIpc) is 2.87. The highest BCUT2D eigenvalue weighted by atomic mass is 35.5. The Bertz CT molecular complexity index is 1500. The number of aromatic nitrogens is 2. The van der Waals surface area contributed by atoms with Crippen molar-refractivity contribution in [3.63, 3.8) is 0 Å². The molecule has 1 aliphatic heterocycles. The first-order chi connectivity index (χ1) is 18.6. The van der Waals surface area contributed by atoms with Crippen LogP contribution in [-0.4, -0.2) is 50.8 Å². The van der Waals surface area contributed by atoms with Gasteiger partial charge in [-0.3, -0.25) is 9.36 Å². The van der Waals surface area contributed by atoms with Gasteiger partial charge in [-0.05, 0) is 78.3 Å². The van der Waals surface area contributed by atoms with Gasteiger partial charge in [-0.2, -0.15) is 0 Å². The van der Waals surface area contributed by atoms with Gasteiger partial charge in [-0.1, -0.05) is 50.0 Å². The lowest BCUT2D eigenvalue weighted by molar-refractivity contribution is -0.108. The number of nitrogens with one attached hydrogen (secondary N) is 1. The van der Waals surface area contributed by atoms with Gasteiger partial charge in [-0.15, -0.1) is 0 Å². The van der Waals surface area contributed by atoms with Gasteiger partial charge in [0.1, 0.15) is 0 Å². The molecular formula is C30H35Cl2N5O2. The Hall–Kier alpha value is -2.61. The molecule has 2 aromatic carbocycles. The highest BCUT2D eigenvalue weighted by Crippen LogP contribution is 2.61. The fourth-order valence-electron chi connectivity index (χ4n) is 6.76. The maximum absolute atomic E-state index is 13.2. The van der Waals surface area contributed by atoms with Crippen molar-refractivity contribution in [2.45, 2.75) is 58.7 Å². The molecule has 7 nitrogen and oxygen atoms in total. The number of aryl methyl sites for hydroxylation is 2. The highest BCUT2D eigenvalue weighted by molar-refractivity contribution is 6.35. The Kier molecular flexibility index (Phi) is 6.89. The lowest BCUT2D eigenvalue weighted by atomic mass is 9.45. The van der Waals surface area contributed by atoms with Gasteiger partial charge < -0.3 is 15.3 Å². The number of fused-ring (bicyclic) bond motifs is 3. The van der Waals surface area contributed by atoms with Crippen molar-refractivity contribution in [1.82, 2.24) is 14.5 Å². The molecule has 3 saturated carbocycles. The van der Waals surface area contributed by atoms with Crippen LogP contribution in [0.4, 0.5) is 5.69 Å². The van der Waals surface area contributed by atoms with Crippen LogP contribution >= 0.6 is 23.2 Å². The van der Waals surface area contributed by atoms with Crippen molar-refractivity contribution in [2.75, 3.05) is 18.4 Å². The molecule has 2 heterocycles. The lowest BCUT2D eigenvalue weighted by Gasteiger charge is -2.61. The summed E-state index contributed by atoms with van der Waals surface area (Å²) in [5, 5.41) is 15.2. The first-order valence-electron chi connectivity index (χ1n) is 13.8. The van der Waals surface area contributed by atoms with Crippen LogP contribution in [0.5, 0.6) is 0 Å². The Balaban J connectivity index is 1.21. The minimum absolute atomic E-state index is 0.0886. The summed E-state index contributed by atoms with van der Waals surface area (Å²) in [6, 6.07) is 11.3. The highest BCUT2D eigenvalue weighted by Gasteiger charge is 2.56. The largest absolute Gasteiger partial charge is 0.389 e. The molecule has 206 valence electrons. The molecule has 4 atom stereocenters. The zero-order valence-corrected chi connectivity index (χ0v) is 24.1. The number of halogens is 2. The number of hydrogen-bond donors (Lipinski definition) is 2. The van der Waals surface area contributed by atoms with E-state index in [4.69, 9.17) is 28.2 Å². The molecule has 0 amide bonds. The van der Waals surface area contributed by atoms with E-state index in [9.17, 15) is 9.90 Å². The smallest absolute Gasteiger partial charge is 0.261 e. The van der Waals surface area contributed by atoms with E-state index in [1.54, 1.807) is 23.0 Å². The number of aliphatic hydroxyl groups excluding tert-OH is 1. The summed E-state index contributed by atoms with van der Waals surface area (Å²) in [5.41, 5.74) is 2.71. The summed E-state index contributed by atoms with van der Waals surface area (Å²) < 4.78 is 1.62. The maximum Gasteiger partial charge on any atom is 0.261 e. The van der Waals surface area contributed by atoms with E-state index in [1.807, 2.05) is 24.3 Å². The molecule has 2 bridgehead atoms. The van der Waals surface area contributed by atoms with Gasteiger partial charge >= 0.3 is 0 Å². The Labute approximate surface area is 238 Å². The number of likely N-dealkylation sites (tertiary alicyclic amines) is 1. The third-order valence-electron chi connectivity index (χ3n) is 9.48. The molecule has 3 aromatic rings. The van der Waals surface area contributed by atoms with Crippen LogP contribution in [0, 0.1) is 23.2 Å². The van der Waals surface area contributed by atoms with Crippen molar-refractivity contribution >= 4 is 45.8 Å². The van der Waals surface area contributed by atoms with E-state index in [0.29, 0.717) is 64.3 Å². The second-order valence-electron chi connectivity index (χ2n) is 12.1. The number of β-amino-alcohol motifs (C(OH)–C–C–N with tert-alkyl or cyclic N) is 1. The maximum atomic E-state index is 13.2. The molecule has 0 unspecified atom stereocenters. The topological polar surface area (TPSA) is 82.8 Å². The van der Waals surface area contributed by atoms with Gasteiger partial charge in [0.05, 0.1) is 29.4 Å². The number of aliphatic hydroxyl groups is 1. The second kappa shape index (κ2) is 10.1. The summed E-state index contributed by atoms with van der Waals surface area (Å²) in [6.45, 7) is 8.74. The van der Waals surface area contributed by atoms with Crippen molar-refractivity contribution in [1.29, 1.82) is 0 Å². The number of guanidine groups is 1. The van der Waals surface area contributed by atoms with Crippen LogP contribution < -0.4 is 10.9 Å². The van der Waals surface area contributed by atoms with Gasteiger partial charge in [0.25, 0.3) is 5.56 Å². The summed E-state index contributed by atoms with van der Waals surface area (Å²) in [5.74, 6) is 2.74. The monoisotopic (exact) mass is 567 g/mol. The first-order valence-corrected chi connectivity index (χ1v) is 14.6. The minimum Gasteiger partial charge on any atom is -0.389 e. The van der Waals surface area contributed by atoms with Crippen LogP contribution in [0.15, 0.2) is 52.5 Å². The van der Waals surface area contributed by atoms with E-state index >= 15 is 0 Å². The van der Waals surface area contributed by atoms with E-state index in [1.165, 1.54) is 6.42 Å². The molecule has 9 heteroatoms. The minimum atomic E-state index is -0.326. The van der Waals surface area contributed by atoms with Gasteiger partial charge in [0, 0.05) is 35.4 Å². The van der Waals surface area contributed by atoms with Crippen LogP contribution in [-0.2, 0) is 13.0 Å². The molecule has 39 heavy (non-hydrogen) atoms. The molecule has 2 N–H and O–H groups in total. The summed E-state index contributed by atoms with van der Waals surface area (Å²) in [4.78, 5) is 25.1. The van der Waals surface area contributed by atoms with E-state index < -0.39 is 0 Å². The Morgan fingerprint density at radius 3 is 2.67 bits per heavy atom. The summed E-state index contributed by atoms with van der Waals surface area (Å²) in [7, 11) is 0. The number of benzene rings is 2. The number of hydrogen-bond acceptors (Lipinski definition) is 4. The summed E-state index contributed by atoms with van der Waals surface area (Å²) in [6.07, 6.45) is 4.28. The van der Waals surface area contributed by atoms with Crippen molar-refractivity contribution in [3.05, 3.63) is 68.7 Å². The molecule has 4 fully saturated rings. The van der Waals surface area contributed by atoms with Crippen molar-refractivity contribution < 1.29 is 5.11 Å². The second-order valence-corrected chi connectivity index (χ2v) is 13.0. The number of nitrogens with zero attached hydrogens (tertiary/aromatic N) is 4. The van der Waals surface area contributed by atoms with Gasteiger partial charge in [0.2, 0.25) is 0 Å². The van der Waals surface area contributed by atoms with E-state index in [0.717, 1.165) is 29.5 Å². The average molecular weight is 569 g/mol. The zero-order chi connectivity index (χ0) is 27.5. The third-order valence-corrected chi connectivity index (χ3v) is 10.1. The number of anilines is 1. The predicted octanol–water partition coefficient (Wildman–Crippen LogP) is 5.46. The SMILES string of the molecule is C[C@@H]1[C@@H](/N=C(/Nc2ccc3c(=O)n(CCc4ccc(Cl)cc4Cl)cnc3c2)N2CC(O)C2)C[C@@H]2C[C@H]1C2(C)C. The third kappa shape index (κ3) is 4.94.